The summed E-state index contributed by atoms with van der Waals surface area (Å²) in [7, 11) is 0. The van der Waals surface area contributed by atoms with E-state index < -0.39 is 0 Å². The summed E-state index contributed by atoms with van der Waals surface area (Å²) in [6.45, 7) is 6.37. The third-order valence-corrected chi connectivity index (χ3v) is 3.91. The Morgan fingerprint density at radius 2 is 1.94 bits per heavy atom. The molecule has 0 radical (unpaired) electrons. The lowest BCUT2D eigenvalue weighted by Crippen LogP contribution is -2.13. The van der Waals surface area contributed by atoms with Crippen LogP contribution in [0.5, 0.6) is 0 Å². The van der Waals surface area contributed by atoms with Crippen LogP contribution in [0.4, 0.5) is 5.82 Å². The standard InChI is InChI=1S/C13H24N4S/c1-4-6-7-9-18-13-10(3)12(17-14)15-11(16-13)8-5-2/h4-9,14H2,1-3H3,(H,15,16,17). The van der Waals surface area contributed by atoms with Crippen LogP contribution in [0.2, 0.25) is 0 Å². The number of hydrogen-bond donors (Lipinski definition) is 2. The number of aryl methyl sites for hydroxylation is 1. The summed E-state index contributed by atoms with van der Waals surface area (Å²) in [5, 5.41) is 1.07. The summed E-state index contributed by atoms with van der Waals surface area (Å²) < 4.78 is 0. The van der Waals surface area contributed by atoms with E-state index in [1.807, 2.05) is 18.7 Å². The van der Waals surface area contributed by atoms with Gasteiger partial charge in [-0.3, -0.25) is 0 Å². The molecular weight excluding hydrogens is 244 g/mol. The molecule has 1 heterocycles. The Kier molecular flexibility index (Phi) is 7.05. The largest absolute Gasteiger partial charge is 0.308 e. The number of hydrazine groups is 1. The first-order valence-corrected chi connectivity index (χ1v) is 7.68. The van der Waals surface area contributed by atoms with Crippen LogP contribution in [0.1, 0.15) is 50.9 Å². The zero-order valence-corrected chi connectivity index (χ0v) is 12.4. The van der Waals surface area contributed by atoms with Crippen molar-refractivity contribution < 1.29 is 0 Å². The zero-order chi connectivity index (χ0) is 13.4. The maximum atomic E-state index is 5.51. The van der Waals surface area contributed by atoms with Crippen molar-refractivity contribution in [3.63, 3.8) is 0 Å². The lowest BCUT2D eigenvalue weighted by molar-refractivity contribution is 0.775. The Bertz CT molecular complexity index is 368. The molecule has 0 spiro atoms. The second kappa shape index (κ2) is 8.32. The Labute approximate surface area is 114 Å². The highest BCUT2D eigenvalue weighted by Gasteiger charge is 2.10. The topological polar surface area (TPSA) is 63.8 Å². The Hall–Kier alpha value is -0.810. The molecule has 5 heteroatoms. The highest BCUT2D eigenvalue weighted by atomic mass is 32.2. The first-order chi connectivity index (χ1) is 8.72. The van der Waals surface area contributed by atoms with Crippen LogP contribution in [-0.2, 0) is 6.42 Å². The van der Waals surface area contributed by atoms with Crippen LogP contribution in [0, 0.1) is 6.92 Å². The van der Waals surface area contributed by atoms with Crippen molar-refractivity contribution in [2.24, 2.45) is 5.84 Å². The maximum absolute atomic E-state index is 5.51. The number of nitrogen functional groups attached to an aromatic ring is 1. The fourth-order valence-corrected chi connectivity index (χ4v) is 2.70. The van der Waals surface area contributed by atoms with Gasteiger partial charge in [-0.15, -0.1) is 11.8 Å². The van der Waals surface area contributed by atoms with Gasteiger partial charge in [-0.05, 0) is 25.5 Å². The van der Waals surface area contributed by atoms with Gasteiger partial charge in [-0.2, -0.15) is 0 Å². The van der Waals surface area contributed by atoms with Gasteiger partial charge >= 0.3 is 0 Å². The minimum absolute atomic E-state index is 0.756. The van der Waals surface area contributed by atoms with E-state index in [2.05, 4.69) is 29.2 Å². The Morgan fingerprint density at radius 1 is 1.17 bits per heavy atom. The van der Waals surface area contributed by atoms with E-state index >= 15 is 0 Å². The molecule has 0 fully saturated rings. The summed E-state index contributed by atoms with van der Waals surface area (Å²) >= 11 is 1.81. The van der Waals surface area contributed by atoms with E-state index in [9.17, 15) is 0 Å². The number of thioether (sulfide) groups is 1. The van der Waals surface area contributed by atoms with Gasteiger partial charge in [0.2, 0.25) is 0 Å². The van der Waals surface area contributed by atoms with Crippen molar-refractivity contribution in [2.45, 2.75) is 57.9 Å². The van der Waals surface area contributed by atoms with Gasteiger partial charge in [-0.25, -0.2) is 15.8 Å². The van der Waals surface area contributed by atoms with Gasteiger partial charge in [0, 0.05) is 12.0 Å². The molecule has 0 aliphatic heterocycles. The third-order valence-electron chi connectivity index (χ3n) is 2.74. The van der Waals surface area contributed by atoms with E-state index in [1.165, 1.54) is 19.3 Å². The van der Waals surface area contributed by atoms with E-state index in [0.717, 1.165) is 40.8 Å². The van der Waals surface area contributed by atoms with Crippen LogP contribution in [-0.4, -0.2) is 15.7 Å². The van der Waals surface area contributed by atoms with Crippen LogP contribution in [0.3, 0.4) is 0 Å². The lowest BCUT2D eigenvalue weighted by atomic mass is 10.3. The van der Waals surface area contributed by atoms with Crippen molar-refractivity contribution in [1.82, 2.24) is 9.97 Å². The van der Waals surface area contributed by atoms with Gasteiger partial charge in [0.25, 0.3) is 0 Å². The van der Waals surface area contributed by atoms with Crippen molar-refractivity contribution >= 4 is 17.6 Å². The Balaban J connectivity index is 2.77. The summed E-state index contributed by atoms with van der Waals surface area (Å²) in [6, 6.07) is 0. The molecule has 0 unspecified atom stereocenters. The van der Waals surface area contributed by atoms with Crippen molar-refractivity contribution in [3.05, 3.63) is 11.4 Å². The van der Waals surface area contributed by atoms with Crippen LogP contribution >= 0.6 is 11.8 Å². The molecule has 0 amide bonds. The first kappa shape index (κ1) is 15.2. The third kappa shape index (κ3) is 4.46. The number of aromatic nitrogens is 2. The van der Waals surface area contributed by atoms with E-state index in [-0.39, 0.29) is 0 Å². The molecule has 1 rings (SSSR count). The average Bonchev–Trinajstić information content (AvgIpc) is 2.38. The molecule has 1 aromatic rings. The monoisotopic (exact) mass is 268 g/mol. The van der Waals surface area contributed by atoms with Crippen LogP contribution in [0.15, 0.2) is 5.03 Å². The molecule has 102 valence electrons. The van der Waals surface area contributed by atoms with Crippen LogP contribution < -0.4 is 11.3 Å². The molecule has 0 saturated heterocycles. The number of anilines is 1. The molecule has 1 aromatic heterocycles. The normalized spacial score (nSPS) is 10.7. The molecule has 0 atom stereocenters. The fourth-order valence-electron chi connectivity index (χ4n) is 1.68. The predicted molar refractivity (Wildman–Crippen MR) is 78.8 cm³/mol. The SMILES string of the molecule is CCCCCSc1nc(CCC)nc(NN)c1C. The summed E-state index contributed by atoms with van der Waals surface area (Å²) in [5.41, 5.74) is 3.73. The van der Waals surface area contributed by atoms with Crippen molar-refractivity contribution in [1.29, 1.82) is 0 Å². The molecule has 0 saturated carbocycles. The van der Waals surface area contributed by atoms with E-state index in [0.29, 0.717) is 0 Å². The quantitative estimate of drug-likeness (QED) is 0.249. The summed E-state index contributed by atoms with van der Waals surface area (Å²) in [4.78, 5) is 9.05. The van der Waals surface area contributed by atoms with Crippen LogP contribution in [0.25, 0.3) is 0 Å². The number of hydrogen-bond acceptors (Lipinski definition) is 5. The second-order valence-corrected chi connectivity index (χ2v) is 5.45. The minimum atomic E-state index is 0.756. The lowest BCUT2D eigenvalue weighted by Gasteiger charge is -2.11. The number of unbranched alkanes of at least 4 members (excludes halogenated alkanes) is 2. The molecule has 0 aromatic carbocycles. The molecule has 0 aliphatic carbocycles. The maximum Gasteiger partial charge on any atom is 0.147 e. The molecule has 4 nitrogen and oxygen atoms in total. The highest BCUT2D eigenvalue weighted by molar-refractivity contribution is 7.99. The van der Waals surface area contributed by atoms with Gasteiger partial charge in [0.1, 0.15) is 16.7 Å². The zero-order valence-electron chi connectivity index (χ0n) is 11.6. The van der Waals surface area contributed by atoms with Crippen molar-refractivity contribution in [3.8, 4) is 0 Å². The predicted octanol–water partition coefficient (Wildman–Crippen LogP) is 3.31. The molecule has 18 heavy (non-hydrogen) atoms. The highest BCUT2D eigenvalue weighted by Crippen LogP contribution is 2.25. The number of nitrogens with one attached hydrogen (secondary N) is 1. The summed E-state index contributed by atoms with van der Waals surface area (Å²) in [6.07, 6.45) is 5.71. The molecule has 3 N–H and O–H groups in total. The van der Waals surface area contributed by atoms with Gasteiger partial charge in [0.05, 0.1) is 0 Å². The number of nitrogens with two attached hydrogens (primary N) is 1. The fraction of sp³-hybridized carbons (Fsp3) is 0.692. The Morgan fingerprint density at radius 3 is 2.56 bits per heavy atom. The van der Waals surface area contributed by atoms with Gasteiger partial charge in [-0.1, -0.05) is 26.7 Å². The molecule has 0 aliphatic rings. The number of rotatable bonds is 8. The number of nitrogens with zero attached hydrogens (tertiary/aromatic N) is 2. The first-order valence-electron chi connectivity index (χ1n) is 6.69. The van der Waals surface area contributed by atoms with Gasteiger partial charge < -0.3 is 5.43 Å². The molecule has 0 bridgehead atoms. The van der Waals surface area contributed by atoms with Crippen molar-refractivity contribution in [2.75, 3.05) is 11.2 Å². The molecular formula is C13H24N4S. The van der Waals surface area contributed by atoms with E-state index in [4.69, 9.17) is 5.84 Å². The van der Waals surface area contributed by atoms with Gasteiger partial charge in [0.15, 0.2) is 0 Å². The average molecular weight is 268 g/mol. The van der Waals surface area contributed by atoms with E-state index in [1.54, 1.807) is 0 Å². The summed E-state index contributed by atoms with van der Waals surface area (Å²) in [5.74, 6) is 8.26. The minimum Gasteiger partial charge on any atom is -0.308 e. The smallest absolute Gasteiger partial charge is 0.147 e. The second-order valence-electron chi connectivity index (χ2n) is 4.37.